The van der Waals surface area contributed by atoms with E-state index in [1.165, 1.54) is 6.42 Å². The van der Waals surface area contributed by atoms with Crippen LogP contribution in [0.5, 0.6) is 0 Å². The first-order chi connectivity index (χ1) is 9.50. The molecule has 1 N–H and O–H groups in total. The molecule has 0 bridgehead atoms. The fraction of sp³-hybridized carbons (Fsp3) is 0.867. The molecular formula is C15H27N3O2. The summed E-state index contributed by atoms with van der Waals surface area (Å²) in [5.74, 6) is 2.16. The quantitative estimate of drug-likeness (QED) is 0.868. The van der Waals surface area contributed by atoms with Gasteiger partial charge in [0.05, 0.1) is 0 Å². The van der Waals surface area contributed by atoms with Crippen LogP contribution in [0.25, 0.3) is 0 Å². The Hall–Kier alpha value is -0.940. The van der Waals surface area contributed by atoms with E-state index in [0.29, 0.717) is 12.4 Å². The second-order valence-corrected chi connectivity index (χ2v) is 6.65. The molecule has 0 saturated carbocycles. The lowest BCUT2D eigenvalue weighted by molar-refractivity contribution is -0.0203. The minimum Gasteiger partial charge on any atom is -0.370 e. The summed E-state index contributed by atoms with van der Waals surface area (Å²) in [5, 5.41) is 7.50. The van der Waals surface area contributed by atoms with Crippen molar-refractivity contribution in [3.63, 3.8) is 0 Å². The molecule has 1 aliphatic heterocycles. The number of nitrogens with one attached hydrogen (secondary N) is 1. The fourth-order valence-electron chi connectivity index (χ4n) is 2.64. The highest BCUT2D eigenvalue weighted by Gasteiger charge is 2.31. The Morgan fingerprint density at radius 3 is 2.85 bits per heavy atom. The van der Waals surface area contributed by atoms with Gasteiger partial charge in [0.15, 0.2) is 0 Å². The molecule has 1 aliphatic rings. The number of hydrogen-bond donors (Lipinski definition) is 1. The maximum Gasteiger partial charge on any atom is 0.226 e. The zero-order valence-corrected chi connectivity index (χ0v) is 13.1. The number of aryl methyl sites for hydroxylation is 1. The van der Waals surface area contributed by atoms with Crippen molar-refractivity contribution in [2.75, 3.05) is 19.7 Å². The van der Waals surface area contributed by atoms with Crippen LogP contribution in [0, 0.1) is 11.3 Å². The van der Waals surface area contributed by atoms with Crippen LogP contribution in [0.2, 0.25) is 0 Å². The van der Waals surface area contributed by atoms with Gasteiger partial charge in [0.1, 0.15) is 6.10 Å². The highest BCUT2D eigenvalue weighted by atomic mass is 16.5. The first-order valence-electron chi connectivity index (χ1n) is 7.65. The van der Waals surface area contributed by atoms with E-state index in [-0.39, 0.29) is 11.5 Å². The van der Waals surface area contributed by atoms with Gasteiger partial charge in [0.25, 0.3) is 0 Å². The number of rotatable bonds is 6. The number of nitrogens with zero attached hydrogens (tertiary/aromatic N) is 2. The third-order valence-electron chi connectivity index (χ3n) is 3.77. The minimum atomic E-state index is -0.113. The maximum atomic E-state index is 5.79. The van der Waals surface area contributed by atoms with E-state index in [9.17, 15) is 0 Å². The summed E-state index contributed by atoms with van der Waals surface area (Å²) in [6, 6.07) is 0. The van der Waals surface area contributed by atoms with Gasteiger partial charge in [-0.2, -0.15) is 4.98 Å². The molecule has 2 heterocycles. The van der Waals surface area contributed by atoms with Crippen LogP contribution in [0.3, 0.4) is 0 Å². The Bertz CT molecular complexity index is 405. The van der Waals surface area contributed by atoms with Crippen LogP contribution < -0.4 is 5.32 Å². The SMILES string of the molecule is CCOC(c1noc(CCC2CCNC2)n1)C(C)(C)C. The van der Waals surface area contributed by atoms with Gasteiger partial charge in [-0.25, -0.2) is 0 Å². The van der Waals surface area contributed by atoms with Gasteiger partial charge in [-0.1, -0.05) is 25.9 Å². The lowest BCUT2D eigenvalue weighted by Crippen LogP contribution is -2.22. The molecule has 2 unspecified atom stereocenters. The highest BCUT2D eigenvalue weighted by molar-refractivity contribution is 4.97. The molecule has 1 fully saturated rings. The van der Waals surface area contributed by atoms with E-state index >= 15 is 0 Å². The molecule has 1 aromatic heterocycles. The van der Waals surface area contributed by atoms with E-state index in [0.717, 1.165) is 37.7 Å². The predicted molar refractivity (Wildman–Crippen MR) is 77.4 cm³/mol. The summed E-state index contributed by atoms with van der Waals surface area (Å²) in [6.07, 6.45) is 3.12. The molecular weight excluding hydrogens is 254 g/mol. The molecule has 0 aliphatic carbocycles. The Balaban J connectivity index is 1.95. The molecule has 0 radical (unpaired) electrons. The van der Waals surface area contributed by atoms with Crippen LogP contribution >= 0.6 is 0 Å². The topological polar surface area (TPSA) is 60.2 Å². The lowest BCUT2D eigenvalue weighted by Gasteiger charge is -2.27. The number of ether oxygens (including phenoxy) is 1. The zero-order chi connectivity index (χ0) is 14.6. The second kappa shape index (κ2) is 6.68. The molecule has 0 amide bonds. The largest absolute Gasteiger partial charge is 0.370 e. The maximum absolute atomic E-state index is 5.79. The van der Waals surface area contributed by atoms with Gasteiger partial charge in [-0.15, -0.1) is 0 Å². The Morgan fingerprint density at radius 2 is 2.25 bits per heavy atom. The first kappa shape index (κ1) is 15.4. The van der Waals surface area contributed by atoms with E-state index in [1.807, 2.05) is 6.92 Å². The second-order valence-electron chi connectivity index (χ2n) is 6.65. The first-order valence-corrected chi connectivity index (χ1v) is 7.65. The van der Waals surface area contributed by atoms with Crippen LogP contribution in [-0.2, 0) is 11.2 Å². The predicted octanol–water partition coefficient (Wildman–Crippen LogP) is 2.74. The van der Waals surface area contributed by atoms with Crippen molar-refractivity contribution < 1.29 is 9.26 Å². The normalized spacial score (nSPS) is 21.3. The van der Waals surface area contributed by atoms with Gasteiger partial charge in [-0.3, -0.25) is 0 Å². The Labute approximate surface area is 121 Å². The summed E-state index contributed by atoms with van der Waals surface area (Å²) in [4.78, 5) is 4.53. The molecule has 114 valence electrons. The summed E-state index contributed by atoms with van der Waals surface area (Å²) in [5.41, 5.74) is -0.0352. The van der Waals surface area contributed by atoms with E-state index < -0.39 is 0 Å². The molecule has 5 heteroatoms. The molecule has 20 heavy (non-hydrogen) atoms. The zero-order valence-electron chi connectivity index (χ0n) is 13.1. The van der Waals surface area contributed by atoms with Crippen molar-refractivity contribution in [1.29, 1.82) is 0 Å². The van der Waals surface area contributed by atoms with Crippen molar-refractivity contribution in [2.45, 2.75) is 53.1 Å². The summed E-state index contributed by atoms with van der Waals surface area (Å²) < 4.78 is 11.2. The monoisotopic (exact) mass is 281 g/mol. The lowest BCUT2D eigenvalue weighted by atomic mass is 9.88. The van der Waals surface area contributed by atoms with Crippen LogP contribution in [0.4, 0.5) is 0 Å². The van der Waals surface area contributed by atoms with Crippen LogP contribution in [-0.4, -0.2) is 29.8 Å². The van der Waals surface area contributed by atoms with Gasteiger partial charge in [0, 0.05) is 13.0 Å². The van der Waals surface area contributed by atoms with Crippen molar-refractivity contribution >= 4 is 0 Å². The molecule has 2 atom stereocenters. The van der Waals surface area contributed by atoms with Crippen LogP contribution in [0.1, 0.15) is 58.4 Å². The van der Waals surface area contributed by atoms with Crippen LogP contribution in [0.15, 0.2) is 4.52 Å². The molecule has 5 nitrogen and oxygen atoms in total. The van der Waals surface area contributed by atoms with Gasteiger partial charge >= 0.3 is 0 Å². The third kappa shape index (κ3) is 4.03. The Kier molecular flexibility index (Phi) is 5.16. The van der Waals surface area contributed by atoms with E-state index in [1.54, 1.807) is 0 Å². The minimum absolute atomic E-state index is 0.0352. The van der Waals surface area contributed by atoms with Gasteiger partial charge in [-0.05, 0) is 44.2 Å². The molecule has 0 aromatic carbocycles. The average Bonchev–Trinajstić information content (AvgIpc) is 3.03. The molecule has 0 spiro atoms. The standard InChI is InChI=1S/C15H27N3O2/c1-5-19-13(15(2,3)4)14-17-12(20-18-14)7-6-11-8-9-16-10-11/h11,13,16H,5-10H2,1-4H3. The van der Waals surface area contributed by atoms with Crippen molar-refractivity contribution in [3.8, 4) is 0 Å². The number of aromatic nitrogens is 2. The molecule has 1 saturated heterocycles. The Morgan fingerprint density at radius 1 is 1.45 bits per heavy atom. The third-order valence-corrected chi connectivity index (χ3v) is 3.77. The molecule has 2 rings (SSSR count). The van der Waals surface area contributed by atoms with E-state index in [4.69, 9.17) is 9.26 Å². The van der Waals surface area contributed by atoms with Gasteiger partial charge in [0.2, 0.25) is 11.7 Å². The summed E-state index contributed by atoms with van der Waals surface area (Å²) in [6.45, 7) is 11.3. The highest BCUT2D eigenvalue weighted by Crippen LogP contribution is 2.34. The van der Waals surface area contributed by atoms with Crippen molar-refractivity contribution in [2.24, 2.45) is 11.3 Å². The summed E-state index contributed by atoms with van der Waals surface area (Å²) in [7, 11) is 0. The average molecular weight is 281 g/mol. The molecule has 1 aromatic rings. The summed E-state index contributed by atoms with van der Waals surface area (Å²) >= 11 is 0. The van der Waals surface area contributed by atoms with E-state index in [2.05, 4.69) is 36.2 Å². The number of hydrogen-bond acceptors (Lipinski definition) is 5. The smallest absolute Gasteiger partial charge is 0.226 e. The fourth-order valence-corrected chi connectivity index (χ4v) is 2.64. The van der Waals surface area contributed by atoms with Crippen molar-refractivity contribution in [1.82, 2.24) is 15.5 Å². The van der Waals surface area contributed by atoms with Crippen molar-refractivity contribution in [3.05, 3.63) is 11.7 Å². The van der Waals surface area contributed by atoms with Gasteiger partial charge < -0.3 is 14.6 Å².